The number of carbonyl (C=O) groups is 1. The molecule has 0 amide bonds. The third-order valence-corrected chi connectivity index (χ3v) is 5.19. The van der Waals surface area contributed by atoms with Gasteiger partial charge in [-0.2, -0.15) is 0 Å². The number of rotatable bonds is 7. The molecule has 3 rings (SSSR count). The van der Waals surface area contributed by atoms with E-state index in [0.717, 1.165) is 11.1 Å². The molecule has 160 valence electrons. The average molecular weight is 478 g/mol. The van der Waals surface area contributed by atoms with E-state index in [2.05, 4.69) is 4.52 Å². The monoisotopic (exact) mass is 478 g/mol. The molecule has 0 aliphatic heterocycles. The van der Waals surface area contributed by atoms with Crippen LogP contribution in [0.25, 0.3) is 6.08 Å². The Bertz CT molecular complexity index is 1050. The first-order chi connectivity index (χ1) is 14.1. The van der Waals surface area contributed by atoms with Crippen molar-refractivity contribution >= 4 is 19.7 Å². The molecule has 1 aliphatic rings. The van der Waals surface area contributed by atoms with Gasteiger partial charge in [0.15, 0.2) is 24.1 Å². The molecule has 0 unspecified atom stereocenters. The number of methoxy groups -OCH3 is 2. The Labute approximate surface area is 231 Å². The number of hydrogen-bond donors (Lipinski definition) is 0. The molecule has 0 saturated heterocycles. The second-order valence-corrected chi connectivity index (χ2v) is 8.01. The van der Waals surface area contributed by atoms with Crippen molar-refractivity contribution in [1.82, 2.24) is 0 Å². The summed E-state index contributed by atoms with van der Waals surface area (Å²) < 4.78 is 30.5. The Kier molecular flexibility index (Phi) is 11.2. The molecule has 2 aromatic carbocycles. The number of carbonyl (C=O) groups excluding carboxylic acids is 1. The molecule has 2 aromatic rings. The standard InChI is InChI=1S/C21H23O8P.2Na/c1-12-5-14(6-13(2)21(12)28-11-29-30(23,24)25)7-16-8-15-9-18(26-3)19(27-4)10-17(15)20(16)22;;/h5-7,9-10H,8,11H2,1-4H3,(H2,23,24,25);;/q;2*+1/p-2. The number of phosphoric acid groups is 1. The maximum atomic E-state index is 12.8. The van der Waals surface area contributed by atoms with Crippen molar-refractivity contribution in [2.45, 2.75) is 20.3 Å². The van der Waals surface area contributed by atoms with E-state index in [1.54, 1.807) is 39.2 Å². The van der Waals surface area contributed by atoms with Crippen LogP contribution in [0.15, 0.2) is 29.8 Å². The summed E-state index contributed by atoms with van der Waals surface area (Å²) in [7, 11) is -2.03. The van der Waals surface area contributed by atoms with Crippen LogP contribution in [-0.2, 0) is 15.5 Å². The first kappa shape index (κ1) is 29.4. The Hall–Kier alpha value is -0.640. The van der Waals surface area contributed by atoms with Gasteiger partial charge in [-0.25, -0.2) is 0 Å². The number of benzene rings is 2. The van der Waals surface area contributed by atoms with Crippen LogP contribution < -0.4 is 83.1 Å². The van der Waals surface area contributed by atoms with E-state index in [0.29, 0.717) is 45.9 Å². The molecule has 0 fully saturated rings. The van der Waals surface area contributed by atoms with Crippen LogP contribution in [0.3, 0.4) is 0 Å². The second kappa shape index (κ2) is 12.2. The molecule has 0 bridgehead atoms. The van der Waals surface area contributed by atoms with E-state index in [-0.39, 0.29) is 64.9 Å². The van der Waals surface area contributed by atoms with Gasteiger partial charge in [-0.05, 0) is 66.4 Å². The molecule has 0 saturated carbocycles. The first-order valence-corrected chi connectivity index (χ1v) is 10.5. The Morgan fingerprint density at radius 1 is 1.00 bits per heavy atom. The van der Waals surface area contributed by atoms with Gasteiger partial charge in [-0.15, -0.1) is 0 Å². The SMILES string of the molecule is COc1cc2c(cc1OC)C(=O)C(=Cc1cc(C)c(OCOP(=O)([O-])[O-])c(C)c1)C2.[Na+].[Na+]. The van der Waals surface area contributed by atoms with Gasteiger partial charge in [0.1, 0.15) is 5.75 Å². The predicted octanol–water partition coefficient (Wildman–Crippen LogP) is -3.67. The summed E-state index contributed by atoms with van der Waals surface area (Å²) in [4.78, 5) is 34.0. The van der Waals surface area contributed by atoms with E-state index in [4.69, 9.17) is 14.2 Å². The molecule has 0 spiro atoms. The zero-order valence-electron chi connectivity index (χ0n) is 19.0. The number of aryl methyl sites for hydroxylation is 2. The average Bonchev–Trinajstić information content (AvgIpc) is 2.96. The fourth-order valence-electron chi connectivity index (χ4n) is 3.50. The minimum Gasteiger partial charge on any atom is -0.790 e. The molecular weight excluding hydrogens is 457 g/mol. The molecule has 32 heavy (non-hydrogen) atoms. The summed E-state index contributed by atoms with van der Waals surface area (Å²) in [5, 5.41) is 0. The van der Waals surface area contributed by atoms with Crippen LogP contribution >= 0.6 is 7.82 Å². The van der Waals surface area contributed by atoms with Crippen molar-refractivity contribution < 1.29 is 97.0 Å². The fraction of sp³-hybridized carbons (Fsp3) is 0.286. The summed E-state index contributed by atoms with van der Waals surface area (Å²) >= 11 is 0. The van der Waals surface area contributed by atoms with Crippen molar-refractivity contribution in [2.75, 3.05) is 21.0 Å². The minimum absolute atomic E-state index is 0. The van der Waals surface area contributed by atoms with Crippen molar-refractivity contribution in [1.29, 1.82) is 0 Å². The number of Topliss-reactive ketones (excluding diaryl/α,β-unsaturated/α-hetero) is 1. The van der Waals surface area contributed by atoms with Gasteiger partial charge in [0, 0.05) is 17.6 Å². The van der Waals surface area contributed by atoms with Gasteiger partial charge in [0.05, 0.1) is 22.0 Å². The molecular formula is C21H21Na2O8P. The number of hydrogen-bond acceptors (Lipinski definition) is 8. The molecule has 0 aromatic heterocycles. The van der Waals surface area contributed by atoms with E-state index in [1.807, 2.05) is 12.1 Å². The second-order valence-electron chi connectivity index (χ2n) is 6.86. The molecule has 0 N–H and O–H groups in total. The molecule has 8 nitrogen and oxygen atoms in total. The zero-order valence-corrected chi connectivity index (χ0v) is 23.9. The first-order valence-electron chi connectivity index (χ1n) is 9.03. The Balaban J connectivity index is 0.00000256. The van der Waals surface area contributed by atoms with E-state index >= 15 is 0 Å². The van der Waals surface area contributed by atoms with E-state index < -0.39 is 14.6 Å². The smallest absolute Gasteiger partial charge is 0.790 e. The molecule has 0 radical (unpaired) electrons. The predicted molar refractivity (Wildman–Crippen MR) is 106 cm³/mol. The number of fused-ring (bicyclic) bond motifs is 1. The maximum Gasteiger partial charge on any atom is 1.00 e. The quantitative estimate of drug-likeness (QED) is 0.173. The number of allylic oxidation sites excluding steroid dienone is 1. The molecule has 1 aliphatic carbocycles. The number of phosphoric ester groups is 1. The van der Waals surface area contributed by atoms with Crippen LogP contribution in [-0.4, -0.2) is 26.8 Å². The van der Waals surface area contributed by atoms with Crippen LogP contribution in [0.1, 0.15) is 32.6 Å². The summed E-state index contributed by atoms with van der Waals surface area (Å²) in [5.41, 5.74) is 4.31. The van der Waals surface area contributed by atoms with E-state index in [1.165, 1.54) is 7.11 Å². The van der Waals surface area contributed by atoms with Gasteiger partial charge in [0.2, 0.25) is 0 Å². The number of ketones is 1. The molecule has 0 atom stereocenters. The summed E-state index contributed by atoms with van der Waals surface area (Å²) in [6, 6.07) is 7.11. The zero-order chi connectivity index (χ0) is 22.1. The fourth-order valence-corrected chi connectivity index (χ4v) is 3.68. The topological polar surface area (TPSA) is 117 Å². The van der Waals surface area contributed by atoms with Crippen LogP contribution in [0.5, 0.6) is 17.2 Å². The Morgan fingerprint density at radius 2 is 1.56 bits per heavy atom. The van der Waals surface area contributed by atoms with Crippen molar-refractivity contribution in [3.8, 4) is 17.2 Å². The third-order valence-electron chi connectivity index (χ3n) is 4.76. The summed E-state index contributed by atoms with van der Waals surface area (Å²) in [6.07, 6.45) is 2.28. The molecule has 0 heterocycles. The van der Waals surface area contributed by atoms with Gasteiger partial charge in [-0.1, -0.05) is 0 Å². The molecule has 11 heteroatoms. The third kappa shape index (κ3) is 6.93. The van der Waals surface area contributed by atoms with Crippen LogP contribution in [0, 0.1) is 13.8 Å². The van der Waals surface area contributed by atoms with Crippen molar-refractivity contribution in [3.05, 3.63) is 57.7 Å². The van der Waals surface area contributed by atoms with Gasteiger partial charge < -0.3 is 33.1 Å². The minimum atomic E-state index is -5.10. The Morgan fingerprint density at radius 3 is 2.09 bits per heavy atom. The van der Waals surface area contributed by atoms with E-state index in [9.17, 15) is 19.1 Å². The maximum absolute atomic E-state index is 12.8. The van der Waals surface area contributed by atoms with Crippen molar-refractivity contribution in [2.24, 2.45) is 0 Å². The number of ether oxygens (including phenoxy) is 3. The van der Waals surface area contributed by atoms with Crippen molar-refractivity contribution in [3.63, 3.8) is 0 Å². The van der Waals surface area contributed by atoms with Crippen LogP contribution in [0.4, 0.5) is 0 Å². The normalized spacial score (nSPS) is 13.8. The largest absolute Gasteiger partial charge is 1.00 e. The van der Waals surface area contributed by atoms with Crippen LogP contribution in [0.2, 0.25) is 0 Å². The van der Waals surface area contributed by atoms with Gasteiger partial charge in [0.25, 0.3) is 0 Å². The van der Waals surface area contributed by atoms with Gasteiger partial charge in [-0.3, -0.25) is 4.79 Å². The van der Waals surface area contributed by atoms with Gasteiger partial charge >= 0.3 is 59.1 Å². The summed E-state index contributed by atoms with van der Waals surface area (Å²) in [6.45, 7) is 2.86. The summed E-state index contributed by atoms with van der Waals surface area (Å²) in [5.74, 6) is 1.42.